The van der Waals surface area contributed by atoms with E-state index in [0.29, 0.717) is 11.3 Å². The molecule has 0 bridgehead atoms. The van der Waals surface area contributed by atoms with Crippen LogP contribution in [0.4, 0.5) is 5.69 Å². The van der Waals surface area contributed by atoms with Crippen LogP contribution in [0.5, 0.6) is 0 Å². The molecule has 0 aliphatic carbocycles. The van der Waals surface area contributed by atoms with Crippen LogP contribution >= 0.6 is 0 Å². The van der Waals surface area contributed by atoms with Gasteiger partial charge >= 0.3 is 5.97 Å². The maximum Gasteiger partial charge on any atom is 0.356 e. The number of methoxy groups -OCH3 is 1. The minimum absolute atomic E-state index is 0.111. The molecule has 0 aromatic carbocycles. The van der Waals surface area contributed by atoms with E-state index in [1.165, 1.54) is 29.8 Å². The minimum atomic E-state index is -0.574. The summed E-state index contributed by atoms with van der Waals surface area (Å²) in [6.45, 7) is 1.64. The second-order valence-corrected chi connectivity index (χ2v) is 3.41. The highest BCUT2D eigenvalue weighted by atomic mass is 16.6. The molecule has 0 atom stereocenters. The molecule has 7 nitrogen and oxygen atoms in total. The summed E-state index contributed by atoms with van der Waals surface area (Å²) >= 11 is 0. The molecule has 2 heterocycles. The molecule has 2 rings (SSSR count). The number of esters is 1. The zero-order chi connectivity index (χ0) is 12.6. The summed E-state index contributed by atoms with van der Waals surface area (Å²) in [6, 6.07) is 2.82. The van der Waals surface area contributed by atoms with E-state index in [2.05, 4.69) is 9.72 Å². The fourth-order valence-electron chi connectivity index (χ4n) is 1.60. The number of hydrogen-bond acceptors (Lipinski definition) is 5. The number of aryl methyl sites for hydroxylation is 1. The van der Waals surface area contributed by atoms with Gasteiger partial charge in [0, 0.05) is 6.07 Å². The molecule has 0 aliphatic rings. The fourth-order valence-corrected chi connectivity index (χ4v) is 1.60. The number of pyridine rings is 1. The van der Waals surface area contributed by atoms with Crippen LogP contribution in [-0.4, -0.2) is 27.4 Å². The fraction of sp³-hybridized carbons (Fsp3) is 0.200. The lowest BCUT2D eigenvalue weighted by Gasteiger charge is -2.00. The number of nitrogens with zero attached hydrogens (tertiary/aromatic N) is 3. The molecule has 0 N–H and O–H groups in total. The van der Waals surface area contributed by atoms with Crippen LogP contribution in [0.25, 0.3) is 5.65 Å². The van der Waals surface area contributed by atoms with Crippen molar-refractivity contribution in [3.05, 3.63) is 39.8 Å². The van der Waals surface area contributed by atoms with Crippen molar-refractivity contribution >= 4 is 17.3 Å². The minimum Gasteiger partial charge on any atom is -0.464 e. The monoisotopic (exact) mass is 235 g/mol. The first-order chi connectivity index (χ1) is 8.04. The Bertz CT molecular complexity index is 617. The first-order valence-electron chi connectivity index (χ1n) is 4.76. The largest absolute Gasteiger partial charge is 0.464 e. The molecule has 0 saturated heterocycles. The maximum atomic E-state index is 11.5. The quantitative estimate of drug-likeness (QED) is 0.445. The summed E-state index contributed by atoms with van der Waals surface area (Å²) in [5.41, 5.74) is 1.03. The Kier molecular flexibility index (Phi) is 2.51. The Morgan fingerprint density at radius 2 is 2.24 bits per heavy atom. The van der Waals surface area contributed by atoms with Gasteiger partial charge in [-0.3, -0.25) is 14.5 Å². The van der Waals surface area contributed by atoms with Gasteiger partial charge in [-0.05, 0) is 13.0 Å². The van der Waals surface area contributed by atoms with Gasteiger partial charge in [0.2, 0.25) is 0 Å². The molecule has 0 fully saturated rings. The van der Waals surface area contributed by atoms with E-state index in [-0.39, 0.29) is 11.4 Å². The van der Waals surface area contributed by atoms with E-state index in [1.807, 2.05) is 0 Å². The highest BCUT2D eigenvalue weighted by Crippen LogP contribution is 2.18. The zero-order valence-electron chi connectivity index (χ0n) is 9.21. The molecule has 7 heteroatoms. The molecule has 0 spiro atoms. The number of carbonyl (C=O) groups excluding carboxylic acids is 1. The second-order valence-electron chi connectivity index (χ2n) is 3.41. The number of rotatable bonds is 2. The predicted molar refractivity (Wildman–Crippen MR) is 57.9 cm³/mol. The standard InChI is InChI=1S/C10H9N3O4/c1-6-9(10(14)17-2)12-5-7(13(15)16)3-4-8(12)11-6/h3-5H,1-2H3. The van der Waals surface area contributed by atoms with Crippen molar-refractivity contribution in [2.24, 2.45) is 0 Å². The molecule has 88 valence electrons. The van der Waals surface area contributed by atoms with E-state index < -0.39 is 10.9 Å². The average molecular weight is 235 g/mol. The summed E-state index contributed by atoms with van der Waals surface area (Å²) in [5, 5.41) is 10.7. The van der Waals surface area contributed by atoms with E-state index in [0.717, 1.165) is 0 Å². The number of ether oxygens (including phenoxy) is 1. The van der Waals surface area contributed by atoms with Gasteiger partial charge in [-0.25, -0.2) is 9.78 Å². The summed E-state index contributed by atoms with van der Waals surface area (Å²) < 4.78 is 5.97. The number of nitro groups is 1. The molecule has 0 radical (unpaired) electrons. The Morgan fingerprint density at radius 1 is 1.53 bits per heavy atom. The predicted octanol–water partition coefficient (Wildman–Crippen LogP) is 1.34. The number of carbonyl (C=O) groups is 1. The van der Waals surface area contributed by atoms with E-state index in [4.69, 9.17) is 0 Å². The molecular weight excluding hydrogens is 226 g/mol. The van der Waals surface area contributed by atoms with Crippen molar-refractivity contribution in [3.63, 3.8) is 0 Å². The van der Waals surface area contributed by atoms with Crippen LogP contribution in [0.1, 0.15) is 16.2 Å². The van der Waals surface area contributed by atoms with E-state index in [9.17, 15) is 14.9 Å². The summed E-state index contributed by atoms with van der Waals surface area (Å²) in [6.07, 6.45) is 1.25. The normalized spacial score (nSPS) is 10.5. The van der Waals surface area contributed by atoms with Crippen LogP contribution in [0.3, 0.4) is 0 Å². The van der Waals surface area contributed by atoms with E-state index >= 15 is 0 Å². The first-order valence-corrected chi connectivity index (χ1v) is 4.76. The van der Waals surface area contributed by atoms with Gasteiger partial charge in [0.15, 0.2) is 5.69 Å². The van der Waals surface area contributed by atoms with Crippen molar-refractivity contribution in [2.45, 2.75) is 6.92 Å². The maximum absolute atomic E-state index is 11.5. The highest BCUT2D eigenvalue weighted by Gasteiger charge is 2.18. The highest BCUT2D eigenvalue weighted by molar-refractivity contribution is 5.90. The average Bonchev–Trinajstić information content (AvgIpc) is 2.62. The summed E-state index contributed by atoms with van der Waals surface area (Å²) in [5.74, 6) is -0.574. The zero-order valence-corrected chi connectivity index (χ0v) is 9.21. The van der Waals surface area contributed by atoms with Crippen LogP contribution in [0.2, 0.25) is 0 Å². The molecular formula is C10H9N3O4. The van der Waals surface area contributed by atoms with Crippen LogP contribution in [0, 0.1) is 17.0 Å². The van der Waals surface area contributed by atoms with Crippen LogP contribution in [-0.2, 0) is 4.74 Å². The lowest BCUT2D eigenvalue weighted by molar-refractivity contribution is -0.385. The Labute approximate surface area is 95.8 Å². The van der Waals surface area contributed by atoms with Crippen LogP contribution < -0.4 is 0 Å². The van der Waals surface area contributed by atoms with Gasteiger partial charge in [0.1, 0.15) is 5.65 Å². The Balaban J connectivity index is 2.73. The van der Waals surface area contributed by atoms with Gasteiger partial charge < -0.3 is 4.74 Å². The first kappa shape index (κ1) is 11.1. The third-order valence-corrected chi connectivity index (χ3v) is 2.37. The molecule has 0 amide bonds. The number of aromatic nitrogens is 2. The molecule has 17 heavy (non-hydrogen) atoms. The molecule has 2 aromatic heterocycles. The van der Waals surface area contributed by atoms with Gasteiger partial charge in [0.05, 0.1) is 23.9 Å². The molecule has 0 saturated carbocycles. The van der Waals surface area contributed by atoms with E-state index in [1.54, 1.807) is 6.92 Å². The summed E-state index contributed by atoms with van der Waals surface area (Å²) in [4.78, 5) is 25.8. The van der Waals surface area contributed by atoms with Crippen molar-refractivity contribution in [2.75, 3.05) is 7.11 Å². The van der Waals surface area contributed by atoms with Gasteiger partial charge in [-0.1, -0.05) is 0 Å². The van der Waals surface area contributed by atoms with Gasteiger partial charge in [0.25, 0.3) is 5.69 Å². The summed E-state index contributed by atoms with van der Waals surface area (Å²) in [7, 11) is 1.25. The SMILES string of the molecule is COC(=O)c1c(C)nc2ccc([N+](=O)[O-])cn12. The molecule has 0 unspecified atom stereocenters. The Hall–Kier alpha value is -2.44. The van der Waals surface area contributed by atoms with Crippen molar-refractivity contribution in [1.29, 1.82) is 0 Å². The third kappa shape index (κ3) is 1.71. The number of imidazole rings is 1. The number of hydrogen-bond donors (Lipinski definition) is 0. The van der Waals surface area contributed by atoms with Gasteiger partial charge in [-0.2, -0.15) is 0 Å². The number of fused-ring (bicyclic) bond motifs is 1. The lowest BCUT2D eigenvalue weighted by Crippen LogP contribution is -2.07. The van der Waals surface area contributed by atoms with Crippen molar-refractivity contribution in [3.8, 4) is 0 Å². The Morgan fingerprint density at radius 3 is 2.82 bits per heavy atom. The van der Waals surface area contributed by atoms with Crippen LogP contribution in [0.15, 0.2) is 18.3 Å². The molecule has 2 aromatic rings. The van der Waals surface area contributed by atoms with Crippen molar-refractivity contribution in [1.82, 2.24) is 9.38 Å². The van der Waals surface area contributed by atoms with Gasteiger partial charge in [-0.15, -0.1) is 0 Å². The second kappa shape index (κ2) is 3.85. The van der Waals surface area contributed by atoms with Crippen molar-refractivity contribution < 1.29 is 14.5 Å². The lowest BCUT2D eigenvalue weighted by atomic mass is 10.3. The molecule has 0 aliphatic heterocycles. The topological polar surface area (TPSA) is 86.7 Å². The third-order valence-electron chi connectivity index (χ3n) is 2.37. The smallest absolute Gasteiger partial charge is 0.356 e.